The lowest BCUT2D eigenvalue weighted by Crippen LogP contribution is -2.05. The van der Waals surface area contributed by atoms with Gasteiger partial charge in [-0.1, -0.05) is 6.08 Å². The van der Waals surface area contributed by atoms with Gasteiger partial charge in [0.1, 0.15) is 0 Å². The van der Waals surface area contributed by atoms with Crippen LogP contribution < -0.4 is 0 Å². The molecule has 0 N–H and O–H groups in total. The fraction of sp³-hybridized carbons (Fsp3) is 0.625. The lowest BCUT2D eigenvalue weighted by molar-refractivity contribution is 0.132. The van der Waals surface area contributed by atoms with Crippen LogP contribution in [0.3, 0.4) is 0 Å². The summed E-state index contributed by atoms with van der Waals surface area (Å²) in [5.41, 5.74) is 0. The van der Waals surface area contributed by atoms with Gasteiger partial charge in [0.05, 0.1) is 6.04 Å². The summed E-state index contributed by atoms with van der Waals surface area (Å²) in [5.74, 6) is 0. The van der Waals surface area contributed by atoms with E-state index in [0.717, 1.165) is 0 Å². The van der Waals surface area contributed by atoms with Crippen LogP contribution in [0.1, 0.15) is 19.3 Å². The molecule has 0 radical (unpaired) electrons. The third-order valence-electron chi connectivity index (χ3n) is 1.39. The fourth-order valence-corrected chi connectivity index (χ4v) is 0.820. The molecule has 4 heteroatoms. The molecule has 2 nitrogen and oxygen atoms in total. The summed E-state index contributed by atoms with van der Waals surface area (Å²) >= 11 is 0. The van der Waals surface area contributed by atoms with Crippen molar-refractivity contribution < 1.29 is 13.6 Å². The molecule has 0 bridgehead atoms. The van der Waals surface area contributed by atoms with Gasteiger partial charge in [-0.15, -0.1) is 6.58 Å². The fourth-order valence-electron chi connectivity index (χ4n) is 0.820. The molecule has 0 fully saturated rings. The molecule has 0 aromatic rings. The Morgan fingerprint density at radius 2 is 2.17 bits per heavy atom. The largest absolute Gasteiger partial charge is 0.238 e. The van der Waals surface area contributed by atoms with Gasteiger partial charge in [0, 0.05) is 6.42 Å². The molecule has 0 aliphatic rings. The normalized spacial score (nSPS) is 12.2. The molecule has 0 rings (SSSR count). The van der Waals surface area contributed by atoms with E-state index in [-0.39, 0.29) is 18.9 Å². The van der Waals surface area contributed by atoms with Gasteiger partial charge in [-0.05, 0) is 12.8 Å². The minimum Gasteiger partial charge on any atom is -0.211 e. The molecule has 1 atom stereocenters. The molecule has 0 amide bonds. The van der Waals surface area contributed by atoms with E-state index in [1.807, 2.05) is 0 Å². The van der Waals surface area contributed by atoms with Gasteiger partial charge in [0.2, 0.25) is 12.5 Å². The number of alkyl halides is 2. The van der Waals surface area contributed by atoms with Crippen molar-refractivity contribution in [2.45, 2.75) is 31.7 Å². The molecule has 1 unspecified atom stereocenters. The summed E-state index contributed by atoms with van der Waals surface area (Å²) < 4.78 is 23.4. The first kappa shape index (κ1) is 11.0. The highest BCUT2D eigenvalue weighted by atomic mass is 19.3. The summed E-state index contributed by atoms with van der Waals surface area (Å²) in [6, 6.07) is -0.381. The zero-order valence-electron chi connectivity index (χ0n) is 6.67. The Kier molecular flexibility index (Phi) is 6.11. The SMILES string of the molecule is C=CCC(CCC(F)F)N=C=O. The molecular formula is C8H11F2NO. The van der Waals surface area contributed by atoms with Crippen molar-refractivity contribution in [3.63, 3.8) is 0 Å². The van der Waals surface area contributed by atoms with Crippen LogP contribution in [0.25, 0.3) is 0 Å². The zero-order valence-corrected chi connectivity index (χ0v) is 6.67. The van der Waals surface area contributed by atoms with Crippen molar-refractivity contribution in [3.8, 4) is 0 Å². The van der Waals surface area contributed by atoms with Gasteiger partial charge < -0.3 is 0 Å². The maximum absolute atomic E-state index is 11.7. The third-order valence-corrected chi connectivity index (χ3v) is 1.39. The van der Waals surface area contributed by atoms with Gasteiger partial charge in [0.15, 0.2) is 0 Å². The Labute approximate surface area is 70.0 Å². The average molecular weight is 175 g/mol. The summed E-state index contributed by atoms with van der Waals surface area (Å²) in [6.07, 6.45) is 0.998. The monoisotopic (exact) mass is 175 g/mol. The first-order chi connectivity index (χ1) is 5.70. The molecule has 0 aliphatic carbocycles. The van der Waals surface area contributed by atoms with Crippen LogP contribution >= 0.6 is 0 Å². The van der Waals surface area contributed by atoms with Crippen molar-refractivity contribution in [1.29, 1.82) is 0 Å². The van der Waals surface area contributed by atoms with Gasteiger partial charge in [-0.2, -0.15) is 0 Å². The van der Waals surface area contributed by atoms with E-state index in [9.17, 15) is 13.6 Å². The van der Waals surface area contributed by atoms with Crippen molar-refractivity contribution in [3.05, 3.63) is 12.7 Å². The summed E-state index contributed by atoms with van der Waals surface area (Å²) in [4.78, 5) is 13.2. The van der Waals surface area contributed by atoms with Gasteiger partial charge >= 0.3 is 0 Å². The van der Waals surface area contributed by atoms with Crippen LogP contribution in [0.15, 0.2) is 17.6 Å². The number of rotatable bonds is 6. The van der Waals surface area contributed by atoms with E-state index in [4.69, 9.17) is 0 Å². The highest BCUT2D eigenvalue weighted by Crippen LogP contribution is 2.11. The maximum Gasteiger partial charge on any atom is 0.238 e. The predicted molar refractivity (Wildman–Crippen MR) is 42.0 cm³/mol. The topological polar surface area (TPSA) is 29.4 Å². The highest BCUT2D eigenvalue weighted by Gasteiger charge is 2.09. The summed E-state index contributed by atoms with van der Waals surface area (Å²) in [5, 5.41) is 0. The minimum absolute atomic E-state index is 0.207. The predicted octanol–water partition coefficient (Wildman–Crippen LogP) is 2.31. The van der Waals surface area contributed by atoms with Crippen molar-refractivity contribution >= 4 is 6.08 Å². The van der Waals surface area contributed by atoms with Gasteiger partial charge in [-0.3, -0.25) is 0 Å². The second-order valence-electron chi connectivity index (χ2n) is 2.37. The van der Waals surface area contributed by atoms with E-state index in [1.165, 1.54) is 6.08 Å². The standard InChI is InChI=1S/C8H11F2NO/c1-2-3-7(11-6-12)4-5-8(9)10/h2,7-8H,1,3-5H2. The molecule has 0 spiro atoms. The Bertz CT molecular complexity index is 176. The number of isocyanates is 1. The smallest absolute Gasteiger partial charge is 0.211 e. The maximum atomic E-state index is 11.7. The average Bonchev–Trinajstić information content (AvgIpc) is 2.01. The molecule has 0 aliphatic heterocycles. The number of halogens is 2. The lowest BCUT2D eigenvalue weighted by Gasteiger charge is -2.06. The lowest BCUT2D eigenvalue weighted by atomic mass is 10.1. The Balaban J connectivity index is 3.77. The number of hydrogen-bond acceptors (Lipinski definition) is 2. The molecular weight excluding hydrogens is 164 g/mol. The molecule has 68 valence electrons. The van der Waals surface area contributed by atoms with E-state index < -0.39 is 6.43 Å². The van der Waals surface area contributed by atoms with E-state index in [2.05, 4.69) is 11.6 Å². The first-order valence-corrected chi connectivity index (χ1v) is 3.66. The Hall–Kier alpha value is -1.02. The van der Waals surface area contributed by atoms with E-state index in [0.29, 0.717) is 6.42 Å². The number of aliphatic imine (C=N–C) groups is 1. The first-order valence-electron chi connectivity index (χ1n) is 3.66. The van der Waals surface area contributed by atoms with Crippen LogP contribution in [0.4, 0.5) is 8.78 Å². The third kappa shape index (κ3) is 5.74. The number of carbonyl (C=O) groups excluding carboxylic acids is 1. The van der Waals surface area contributed by atoms with Gasteiger partial charge in [-0.25, -0.2) is 18.6 Å². The van der Waals surface area contributed by atoms with Gasteiger partial charge in [0.25, 0.3) is 0 Å². The van der Waals surface area contributed by atoms with E-state index >= 15 is 0 Å². The van der Waals surface area contributed by atoms with E-state index in [1.54, 1.807) is 6.08 Å². The number of hydrogen-bond donors (Lipinski definition) is 0. The second-order valence-corrected chi connectivity index (χ2v) is 2.37. The van der Waals surface area contributed by atoms with Crippen molar-refractivity contribution in [2.24, 2.45) is 4.99 Å². The molecule has 0 saturated heterocycles. The molecule has 0 aromatic heterocycles. The molecule has 0 saturated carbocycles. The Morgan fingerprint density at radius 3 is 2.58 bits per heavy atom. The molecule has 12 heavy (non-hydrogen) atoms. The molecule has 0 heterocycles. The minimum atomic E-state index is -2.33. The van der Waals surface area contributed by atoms with Crippen LogP contribution in [0, 0.1) is 0 Å². The van der Waals surface area contributed by atoms with Crippen molar-refractivity contribution in [2.75, 3.05) is 0 Å². The zero-order chi connectivity index (χ0) is 9.40. The van der Waals surface area contributed by atoms with Crippen LogP contribution in [-0.2, 0) is 4.79 Å². The van der Waals surface area contributed by atoms with Crippen molar-refractivity contribution in [1.82, 2.24) is 0 Å². The van der Waals surface area contributed by atoms with Crippen LogP contribution in [0.2, 0.25) is 0 Å². The summed E-state index contributed by atoms with van der Waals surface area (Å²) in [7, 11) is 0. The van der Waals surface area contributed by atoms with Crippen LogP contribution in [0.5, 0.6) is 0 Å². The molecule has 0 aromatic carbocycles. The summed E-state index contributed by atoms with van der Waals surface area (Å²) in [6.45, 7) is 3.43. The Morgan fingerprint density at radius 1 is 1.50 bits per heavy atom. The second kappa shape index (κ2) is 6.68. The van der Waals surface area contributed by atoms with Crippen LogP contribution in [-0.4, -0.2) is 18.5 Å². The number of nitrogens with zero attached hydrogens (tertiary/aromatic N) is 1. The quantitative estimate of drug-likeness (QED) is 0.346. The highest BCUT2D eigenvalue weighted by molar-refractivity contribution is 5.33.